The van der Waals surface area contributed by atoms with Gasteiger partial charge in [-0.2, -0.15) is 0 Å². The van der Waals surface area contributed by atoms with Gasteiger partial charge in [0.25, 0.3) is 0 Å². The van der Waals surface area contributed by atoms with Crippen molar-refractivity contribution in [2.75, 3.05) is 18.5 Å². The average molecular weight is 307 g/mol. The van der Waals surface area contributed by atoms with Crippen molar-refractivity contribution in [3.8, 4) is 5.75 Å². The molecule has 0 radical (unpaired) electrons. The SMILES string of the molecule is CCCOc1ccc(NC(=O)CNC(=O)[C@@H](N)C(C)C)cc1. The second-order valence-electron chi connectivity index (χ2n) is 5.41. The maximum Gasteiger partial charge on any atom is 0.243 e. The molecule has 4 N–H and O–H groups in total. The van der Waals surface area contributed by atoms with Crippen LogP contribution >= 0.6 is 0 Å². The molecule has 0 saturated carbocycles. The van der Waals surface area contributed by atoms with Gasteiger partial charge in [-0.05, 0) is 36.6 Å². The van der Waals surface area contributed by atoms with Gasteiger partial charge in [0.1, 0.15) is 5.75 Å². The van der Waals surface area contributed by atoms with Gasteiger partial charge in [0.2, 0.25) is 11.8 Å². The number of rotatable bonds is 8. The Hall–Kier alpha value is -2.08. The fraction of sp³-hybridized carbons (Fsp3) is 0.500. The lowest BCUT2D eigenvalue weighted by molar-refractivity contribution is -0.125. The Kier molecular flexibility index (Phi) is 7.39. The molecule has 6 nitrogen and oxygen atoms in total. The summed E-state index contributed by atoms with van der Waals surface area (Å²) in [5.41, 5.74) is 6.35. The Bertz CT molecular complexity index is 486. The predicted molar refractivity (Wildman–Crippen MR) is 86.7 cm³/mol. The van der Waals surface area contributed by atoms with Crippen molar-refractivity contribution in [2.24, 2.45) is 11.7 Å². The van der Waals surface area contributed by atoms with E-state index in [0.29, 0.717) is 12.3 Å². The zero-order valence-corrected chi connectivity index (χ0v) is 13.4. The molecule has 1 atom stereocenters. The maximum atomic E-state index is 11.8. The summed E-state index contributed by atoms with van der Waals surface area (Å²) < 4.78 is 5.46. The molecule has 1 aromatic rings. The molecule has 0 saturated heterocycles. The van der Waals surface area contributed by atoms with Crippen molar-refractivity contribution >= 4 is 17.5 Å². The molecule has 0 bridgehead atoms. The third-order valence-electron chi connectivity index (χ3n) is 3.06. The average Bonchev–Trinajstić information content (AvgIpc) is 2.51. The maximum absolute atomic E-state index is 11.8. The van der Waals surface area contributed by atoms with Crippen molar-refractivity contribution in [3.63, 3.8) is 0 Å². The summed E-state index contributed by atoms with van der Waals surface area (Å²) in [5, 5.41) is 5.22. The lowest BCUT2D eigenvalue weighted by Crippen LogP contribution is -2.46. The number of ether oxygens (including phenoxy) is 1. The lowest BCUT2D eigenvalue weighted by Gasteiger charge is -2.15. The van der Waals surface area contributed by atoms with Gasteiger partial charge in [0.05, 0.1) is 19.2 Å². The van der Waals surface area contributed by atoms with E-state index in [9.17, 15) is 9.59 Å². The van der Waals surface area contributed by atoms with Gasteiger partial charge < -0.3 is 21.1 Å². The van der Waals surface area contributed by atoms with Crippen molar-refractivity contribution in [2.45, 2.75) is 33.2 Å². The monoisotopic (exact) mass is 307 g/mol. The van der Waals surface area contributed by atoms with Gasteiger partial charge in [-0.15, -0.1) is 0 Å². The molecule has 22 heavy (non-hydrogen) atoms. The molecular formula is C16H25N3O3. The first-order chi connectivity index (χ1) is 10.4. The van der Waals surface area contributed by atoms with Crippen molar-refractivity contribution in [3.05, 3.63) is 24.3 Å². The second-order valence-corrected chi connectivity index (χ2v) is 5.41. The summed E-state index contributed by atoms with van der Waals surface area (Å²) in [4.78, 5) is 23.4. The van der Waals surface area contributed by atoms with E-state index in [1.54, 1.807) is 24.3 Å². The largest absolute Gasteiger partial charge is 0.494 e. The van der Waals surface area contributed by atoms with E-state index >= 15 is 0 Å². The summed E-state index contributed by atoms with van der Waals surface area (Å²) in [6.45, 7) is 6.30. The van der Waals surface area contributed by atoms with Crippen LogP contribution in [-0.2, 0) is 9.59 Å². The van der Waals surface area contributed by atoms with Gasteiger partial charge in [0.15, 0.2) is 0 Å². The number of hydrogen-bond acceptors (Lipinski definition) is 4. The van der Waals surface area contributed by atoms with Crippen LogP contribution in [0, 0.1) is 5.92 Å². The molecule has 0 unspecified atom stereocenters. The standard InChI is InChI=1S/C16H25N3O3/c1-4-9-22-13-7-5-12(6-8-13)19-14(20)10-18-16(21)15(17)11(2)3/h5-8,11,15H,4,9-10,17H2,1-3H3,(H,18,21)(H,19,20)/t15-/m0/s1. The zero-order valence-electron chi connectivity index (χ0n) is 13.4. The number of hydrogen-bond donors (Lipinski definition) is 3. The van der Waals surface area contributed by atoms with Crippen molar-refractivity contribution < 1.29 is 14.3 Å². The summed E-state index contributed by atoms with van der Waals surface area (Å²) >= 11 is 0. The molecule has 1 aromatic carbocycles. The topological polar surface area (TPSA) is 93.5 Å². The van der Waals surface area contributed by atoms with E-state index in [-0.39, 0.29) is 24.3 Å². The van der Waals surface area contributed by atoms with Crippen LogP contribution < -0.4 is 21.1 Å². The fourth-order valence-corrected chi connectivity index (χ4v) is 1.65. The summed E-state index contributed by atoms with van der Waals surface area (Å²) in [5.74, 6) is 0.162. The number of nitrogens with two attached hydrogens (primary N) is 1. The minimum atomic E-state index is -0.609. The van der Waals surface area contributed by atoms with Crippen molar-refractivity contribution in [1.29, 1.82) is 0 Å². The quantitative estimate of drug-likeness (QED) is 0.678. The highest BCUT2D eigenvalue weighted by Crippen LogP contribution is 2.15. The molecule has 0 aliphatic rings. The van der Waals surface area contributed by atoms with Crippen LogP contribution in [0.4, 0.5) is 5.69 Å². The molecule has 1 rings (SSSR count). The van der Waals surface area contributed by atoms with E-state index in [1.807, 2.05) is 20.8 Å². The molecule has 0 heterocycles. The molecule has 122 valence electrons. The summed E-state index contributed by atoms with van der Waals surface area (Å²) in [6.07, 6.45) is 0.941. The molecule has 0 spiro atoms. The first-order valence-corrected chi connectivity index (χ1v) is 7.50. The Balaban J connectivity index is 2.40. The third-order valence-corrected chi connectivity index (χ3v) is 3.06. The smallest absolute Gasteiger partial charge is 0.243 e. The van der Waals surface area contributed by atoms with Gasteiger partial charge in [-0.1, -0.05) is 20.8 Å². The molecule has 2 amide bonds. The second kappa shape index (κ2) is 9.04. The molecular weight excluding hydrogens is 282 g/mol. The number of benzene rings is 1. The highest BCUT2D eigenvalue weighted by molar-refractivity contribution is 5.95. The Labute approximate surface area is 131 Å². The highest BCUT2D eigenvalue weighted by atomic mass is 16.5. The number of amides is 2. The summed E-state index contributed by atoms with van der Waals surface area (Å²) in [7, 11) is 0. The van der Waals surface area contributed by atoms with Crippen LogP contribution in [0.1, 0.15) is 27.2 Å². The predicted octanol–water partition coefficient (Wildman–Crippen LogP) is 1.51. The number of carbonyl (C=O) groups is 2. The number of anilines is 1. The minimum absolute atomic E-state index is 0.0266. The Morgan fingerprint density at radius 2 is 1.86 bits per heavy atom. The van der Waals surface area contributed by atoms with E-state index in [4.69, 9.17) is 10.5 Å². The van der Waals surface area contributed by atoms with Crippen LogP contribution in [0.3, 0.4) is 0 Å². The molecule has 0 aliphatic carbocycles. The van der Waals surface area contributed by atoms with Crippen LogP contribution in [0.25, 0.3) is 0 Å². The van der Waals surface area contributed by atoms with Crippen LogP contribution in [0.5, 0.6) is 5.75 Å². The van der Waals surface area contributed by atoms with E-state index in [0.717, 1.165) is 12.2 Å². The van der Waals surface area contributed by atoms with E-state index in [1.165, 1.54) is 0 Å². The van der Waals surface area contributed by atoms with E-state index < -0.39 is 6.04 Å². The fourth-order valence-electron chi connectivity index (χ4n) is 1.65. The third kappa shape index (κ3) is 6.13. The molecule has 0 aromatic heterocycles. The van der Waals surface area contributed by atoms with Gasteiger partial charge >= 0.3 is 0 Å². The molecule has 0 fully saturated rings. The zero-order chi connectivity index (χ0) is 16.5. The van der Waals surface area contributed by atoms with Gasteiger partial charge in [0, 0.05) is 5.69 Å². The molecule has 6 heteroatoms. The summed E-state index contributed by atoms with van der Waals surface area (Å²) in [6, 6.07) is 6.48. The first-order valence-electron chi connectivity index (χ1n) is 7.50. The van der Waals surface area contributed by atoms with E-state index in [2.05, 4.69) is 10.6 Å². The van der Waals surface area contributed by atoms with Gasteiger partial charge in [-0.3, -0.25) is 9.59 Å². The minimum Gasteiger partial charge on any atom is -0.494 e. The van der Waals surface area contributed by atoms with Crippen LogP contribution in [-0.4, -0.2) is 31.0 Å². The number of carbonyl (C=O) groups excluding carboxylic acids is 2. The molecule has 0 aliphatic heterocycles. The number of nitrogens with one attached hydrogen (secondary N) is 2. The first kappa shape index (κ1) is 18.0. The van der Waals surface area contributed by atoms with Crippen LogP contribution in [0.2, 0.25) is 0 Å². The lowest BCUT2D eigenvalue weighted by atomic mass is 10.1. The Morgan fingerprint density at radius 1 is 1.23 bits per heavy atom. The Morgan fingerprint density at radius 3 is 2.41 bits per heavy atom. The van der Waals surface area contributed by atoms with Gasteiger partial charge in [-0.25, -0.2) is 0 Å². The highest BCUT2D eigenvalue weighted by Gasteiger charge is 2.17. The normalized spacial score (nSPS) is 11.9. The van der Waals surface area contributed by atoms with Crippen molar-refractivity contribution in [1.82, 2.24) is 5.32 Å². The van der Waals surface area contributed by atoms with Crippen LogP contribution in [0.15, 0.2) is 24.3 Å².